The number of fused-ring (bicyclic) bond motifs is 1. The van der Waals surface area contributed by atoms with Gasteiger partial charge in [-0.2, -0.15) is 9.78 Å². The van der Waals surface area contributed by atoms with Crippen molar-refractivity contribution in [3.63, 3.8) is 0 Å². The summed E-state index contributed by atoms with van der Waals surface area (Å²) in [6, 6.07) is 23.7. The summed E-state index contributed by atoms with van der Waals surface area (Å²) in [5.74, 6) is -1.33. The van der Waals surface area contributed by atoms with Gasteiger partial charge in [-0.3, -0.25) is 4.79 Å². The number of carboxylic acids is 1. The summed E-state index contributed by atoms with van der Waals surface area (Å²) in [4.78, 5) is 25.2. The van der Waals surface area contributed by atoms with Crippen LogP contribution in [0.25, 0.3) is 22.2 Å². The van der Waals surface area contributed by atoms with Gasteiger partial charge in [-0.1, -0.05) is 71.2 Å². The minimum absolute atomic E-state index is 0.0486. The lowest BCUT2D eigenvalue weighted by atomic mass is 10.0. The molecule has 0 saturated heterocycles. The van der Waals surface area contributed by atoms with E-state index in [0.717, 1.165) is 5.56 Å². The second kappa shape index (κ2) is 10.3. The Morgan fingerprint density at radius 2 is 1.59 bits per heavy atom. The van der Waals surface area contributed by atoms with Crippen LogP contribution in [0.3, 0.4) is 0 Å². The zero-order valence-electron chi connectivity index (χ0n) is 19.0. The zero-order valence-corrected chi connectivity index (χ0v) is 21.3. The molecule has 0 unspecified atom stereocenters. The van der Waals surface area contributed by atoms with Crippen molar-refractivity contribution in [3.05, 3.63) is 117 Å². The molecule has 184 valence electrons. The largest absolute Gasteiger partial charge is 0.488 e. The van der Waals surface area contributed by atoms with E-state index in [1.807, 2.05) is 30.3 Å². The summed E-state index contributed by atoms with van der Waals surface area (Å²) in [5.41, 5.74) is 2.40. The van der Waals surface area contributed by atoms with Gasteiger partial charge in [0.2, 0.25) is 0 Å². The lowest BCUT2D eigenvalue weighted by molar-refractivity contribution is 0.0696. The van der Waals surface area contributed by atoms with Gasteiger partial charge in [0, 0.05) is 16.0 Å². The van der Waals surface area contributed by atoms with Crippen molar-refractivity contribution >= 4 is 57.6 Å². The summed E-state index contributed by atoms with van der Waals surface area (Å²) in [6.07, 6.45) is 0. The summed E-state index contributed by atoms with van der Waals surface area (Å²) >= 11 is 18.9. The normalized spacial score (nSPS) is 11.0. The summed E-state index contributed by atoms with van der Waals surface area (Å²) in [5, 5.41) is 15.6. The molecule has 0 amide bonds. The average Bonchev–Trinajstić information content (AvgIpc) is 3.26. The topological polar surface area (TPSA) is 81.4 Å². The highest BCUT2D eigenvalue weighted by Gasteiger charge is 2.24. The van der Waals surface area contributed by atoms with Crippen molar-refractivity contribution in [2.75, 3.05) is 0 Å². The number of hydrogen-bond acceptors (Lipinski definition) is 4. The van der Waals surface area contributed by atoms with E-state index in [2.05, 4.69) is 5.10 Å². The maximum atomic E-state index is 13.6. The third kappa shape index (κ3) is 4.91. The van der Waals surface area contributed by atoms with Crippen LogP contribution in [0, 0.1) is 0 Å². The van der Waals surface area contributed by atoms with Gasteiger partial charge in [0.05, 0.1) is 26.7 Å². The maximum absolute atomic E-state index is 13.6. The summed E-state index contributed by atoms with van der Waals surface area (Å²) in [7, 11) is 0. The van der Waals surface area contributed by atoms with Crippen molar-refractivity contribution in [3.8, 4) is 17.0 Å². The number of benzene rings is 4. The molecule has 0 radical (unpaired) electrons. The molecule has 1 N–H and O–H groups in total. The first-order valence-electron chi connectivity index (χ1n) is 11.0. The first-order valence-corrected chi connectivity index (χ1v) is 12.2. The van der Waals surface area contributed by atoms with Gasteiger partial charge in [-0.25, -0.2) is 4.79 Å². The van der Waals surface area contributed by atoms with Crippen LogP contribution in [0.4, 0.5) is 0 Å². The van der Waals surface area contributed by atoms with Crippen LogP contribution < -0.4 is 4.74 Å². The molecule has 0 aliphatic heterocycles. The van der Waals surface area contributed by atoms with E-state index >= 15 is 0 Å². The number of aromatic carboxylic acids is 1. The summed E-state index contributed by atoms with van der Waals surface area (Å²) < 4.78 is 7.28. The molecule has 0 fully saturated rings. The lowest BCUT2D eigenvalue weighted by Gasteiger charge is -2.12. The molecule has 9 heteroatoms. The molecule has 0 atom stereocenters. The molecule has 0 saturated carbocycles. The number of carbonyl (C=O) groups is 2. The predicted molar refractivity (Wildman–Crippen MR) is 144 cm³/mol. The molecule has 4 aromatic carbocycles. The monoisotopic (exact) mass is 550 g/mol. The van der Waals surface area contributed by atoms with Crippen LogP contribution in [0.2, 0.25) is 15.1 Å². The van der Waals surface area contributed by atoms with E-state index in [-0.39, 0.29) is 27.8 Å². The minimum atomic E-state index is -1.10. The molecule has 1 aromatic heterocycles. The van der Waals surface area contributed by atoms with Gasteiger partial charge >= 0.3 is 5.97 Å². The molecular weight excluding hydrogens is 535 g/mol. The van der Waals surface area contributed by atoms with Crippen LogP contribution in [-0.4, -0.2) is 26.8 Å². The minimum Gasteiger partial charge on any atom is -0.488 e. The van der Waals surface area contributed by atoms with Crippen molar-refractivity contribution < 1.29 is 19.4 Å². The molecule has 0 aliphatic carbocycles. The van der Waals surface area contributed by atoms with Crippen molar-refractivity contribution in [1.29, 1.82) is 0 Å². The number of halogens is 3. The van der Waals surface area contributed by atoms with Crippen molar-refractivity contribution in [1.82, 2.24) is 9.78 Å². The molecular formula is C28H17Cl3N2O4. The fourth-order valence-electron chi connectivity index (χ4n) is 3.96. The first-order chi connectivity index (χ1) is 17.8. The SMILES string of the molecule is O=C(O)c1ccc(-c2nn(C(=O)c3c(Cl)cccc3Cl)c3ccc(Cl)cc23)c(OCc2ccccc2)c1. The highest BCUT2D eigenvalue weighted by atomic mass is 35.5. The van der Waals surface area contributed by atoms with Crippen molar-refractivity contribution in [2.45, 2.75) is 6.61 Å². The average molecular weight is 552 g/mol. The number of hydrogen-bond donors (Lipinski definition) is 1. The van der Waals surface area contributed by atoms with Crippen LogP contribution in [0.1, 0.15) is 26.3 Å². The molecule has 6 nitrogen and oxygen atoms in total. The van der Waals surface area contributed by atoms with E-state index in [1.165, 1.54) is 16.8 Å². The fraction of sp³-hybridized carbons (Fsp3) is 0.0357. The van der Waals surface area contributed by atoms with Gasteiger partial charge in [0.1, 0.15) is 18.1 Å². The van der Waals surface area contributed by atoms with Crippen LogP contribution >= 0.6 is 34.8 Å². The molecule has 0 spiro atoms. The smallest absolute Gasteiger partial charge is 0.335 e. The maximum Gasteiger partial charge on any atom is 0.335 e. The first kappa shape index (κ1) is 24.8. The predicted octanol–water partition coefficient (Wildman–Crippen LogP) is 7.63. The molecule has 0 aliphatic rings. The van der Waals surface area contributed by atoms with Gasteiger partial charge in [0.25, 0.3) is 5.91 Å². The third-order valence-corrected chi connectivity index (χ3v) is 6.60. The van der Waals surface area contributed by atoms with Crippen LogP contribution in [-0.2, 0) is 6.61 Å². The Kier molecular flexibility index (Phi) is 6.89. The Bertz CT molecular complexity index is 1650. The molecule has 5 rings (SSSR count). The molecule has 37 heavy (non-hydrogen) atoms. The Labute approximate surface area is 226 Å². The van der Waals surface area contributed by atoms with Gasteiger partial charge in [-0.15, -0.1) is 0 Å². The standard InChI is InChI=1S/C28H17Cl3N2O4/c29-18-10-12-23-20(14-18)26(32-33(23)27(34)25-21(30)7-4-8-22(25)31)19-11-9-17(28(35)36)13-24(19)37-15-16-5-2-1-3-6-16/h1-14H,15H2,(H,35,36). The van der Waals surface area contributed by atoms with Crippen LogP contribution in [0.5, 0.6) is 5.75 Å². The molecule has 0 bridgehead atoms. The lowest BCUT2D eigenvalue weighted by Crippen LogP contribution is -2.14. The second-order valence-corrected chi connectivity index (χ2v) is 9.36. The Morgan fingerprint density at radius 3 is 2.30 bits per heavy atom. The number of nitrogens with zero attached hydrogens (tertiary/aromatic N) is 2. The van der Waals surface area contributed by atoms with E-state index in [9.17, 15) is 14.7 Å². The highest BCUT2D eigenvalue weighted by molar-refractivity contribution is 6.40. The zero-order chi connectivity index (χ0) is 26.1. The van der Waals surface area contributed by atoms with Crippen LogP contribution in [0.15, 0.2) is 84.9 Å². The number of rotatable bonds is 6. The second-order valence-electron chi connectivity index (χ2n) is 8.11. The van der Waals surface area contributed by atoms with E-state index in [1.54, 1.807) is 42.5 Å². The number of ether oxygens (including phenoxy) is 1. The fourth-order valence-corrected chi connectivity index (χ4v) is 4.69. The highest BCUT2D eigenvalue weighted by Crippen LogP contribution is 2.37. The molecule has 1 heterocycles. The van der Waals surface area contributed by atoms with E-state index in [0.29, 0.717) is 32.9 Å². The van der Waals surface area contributed by atoms with Gasteiger partial charge < -0.3 is 9.84 Å². The Hall–Kier alpha value is -3.84. The molecule has 5 aromatic rings. The van der Waals surface area contributed by atoms with Crippen molar-refractivity contribution in [2.24, 2.45) is 0 Å². The number of carbonyl (C=O) groups excluding carboxylic acids is 1. The van der Waals surface area contributed by atoms with E-state index < -0.39 is 11.9 Å². The Morgan fingerprint density at radius 1 is 0.865 bits per heavy atom. The van der Waals surface area contributed by atoms with E-state index in [4.69, 9.17) is 39.5 Å². The number of carboxylic acid groups (broad SMARTS) is 1. The van der Waals surface area contributed by atoms with Gasteiger partial charge in [0.15, 0.2) is 0 Å². The third-order valence-electron chi connectivity index (χ3n) is 5.73. The number of aromatic nitrogens is 2. The quantitative estimate of drug-likeness (QED) is 0.235. The Balaban J connectivity index is 1.68. The van der Waals surface area contributed by atoms with Gasteiger partial charge in [-0.05, 0) is 54.1 Å². The summed E-state index contributed by atoms with van der Waals surface area (Å²) in [6.45, 7) is 0.199.